The molecule has 9 heteroatoms. The van der Waals surface area contributed by atoms with E-state index in [2.05, 4.69) is 15.1 Å². The number of hydrogen-bond acceptors (Lipinski definition) is 4. The molecule has 1 aromatic heterocycles. The average Bonchev–Trinajstić information content (AvgIpc) is 3.11. The van der Waals surface area contributed by atoms with Crippen LogP contribution < -0.4 is 5.73 Å². The molecule has 2 aliphatic heterocycles. The molecule has 1 fully saturated rings. The number of benzene rings is 1. The predicted molar refractivity (Wildman–Crippen MR) is 93.8 cm³/mol. The molecule has 25 heavy (non-hydrogen) atoms. The Morgan fingerprint density at radius 1 is 1.24 bits per heavy atom. The van der Waals surface area contributed by atoms with E-state index >= 15 is 0 Å². The van der Waals surface area contributed by atoms with Gasteiger partial charge in [0.1, 0.15) is 17.7 Å². The maximum absolute atomic E-state index is 13.9. The fourth-order valence-electron chi connectivity index (χ4n) is 3.50. The highest BCUT2D eigenvalue weighted by atomic mass is 35.5. The average molecular weight is 393 g/mol. The van der Waals surface area contributed by atoms with Gasteiger partial charge in [-0.3, -0.25) is 10.00 Å². The summed E-state index contributed by atoms with van der Waals surface area (Å²) >= 11 is 0. The molecule has 0 amide bonds. The fraction of sp³-hybridized carbons (Fsp3) is 0.438. The first-order chi connectivity index (χ1) is 11.1. The summed E-state index contributed by atoms with van der Waals surface area (Å²) in [6, 6.07) is 3.18. The van der Waals surface area contributed by atoms with Crippen molar-refractivity contribution in [3.05, 3.63) is 52.9 Å². The van der Waals surface area contributed by atoms with Crippen molar-refractivity contribution in [3.63, 3.8) is 0 Å². The van der Waals surface area contributed by atoms with Crippen LogP contribution in [0.1, 0.15) is 29.3 Å². The maximum atomic E-state index is 13.9. The van der Waals surface area contributed by atoms with E-state index in [0.29, 0.717) is 13.0 Å². The second-order valence-corrected chi connectivity index (χ2v) is 6.25. The molecule has 0 radical (unpaired) electrons. The summed E-state index contributed by atoms with van der Waals surface area (Å²) in [7, 11) is 0. The number of aromatic amines is 1. The number of rotatable bonds is 2. The van der Waals surface area contributed by atoms with Crippen LogP contribution in [0.3, 0.4) is 0 Å². The van der Waals surface area contributed by atoms with E-state index in [9.17, 15) is 8.78 Å². The van der Waals surface area contributed by atoms with Gasteiger partial charge in [0, 0.05) is 36.3 Å². The predicted octanol–water partition coefficient (Wildman–Crippen LogP) is 2.70. The normalized spacial score (nSPS) is 25.8. The number of hydrogen-bond donors (Lipinski definition) is 2. The molecule has 1 aromatic carbocycles. The number of fused-ring (bicyclic) bond motifs is 1. The van der Waals surface area contributed by atoms with Gasteiger partial charge in [-0.25, -0.2) is 8.78 Å². The van der Waals surface area contributed by atoms with Crippen molar-refractivity contribution in [3.8, 4) is 0 Å². The van der Waals surface area contributed by atoms with Gasteiger partial charge in [-0.05, 0) is 24.6 Å². The van der Waals surface area contributed by atoms with Crippen molar-refractivity contribution < 1.29 is 13.5 Å². The highest BCUT2D eigenvalue weighted by molar-refractivity contribution is 5.85. The van der Waals surface area contributed by atoms with Crippen LogP contribution in [0.2, 0.25) is 0 Å². The first-order valence-corrected chi connectivity index (χ1v) is 7.69. The minimum Gasteiger partial charge on any atom is -0.370 e. The third kappa shape index (κ3) is 3.80. The molecule has 3 N–H and O–H groups in total. The van der Waals surface area contributed by atoms with Gasteiger partial charge < -0.3 is 10.5 Å². The molecule has 0 spiro atoms. The van der Waals surface area contributed by atoms with Crippen LogP contribution in [0.4, 0.5) is 8.78 Å². The molecule has 3 heterocycles. The van der Waals surface area contributed by atoms with Crippen LogP contribution in [0.25, 0.3) is 0 Å². The van der Waals surface area contributed by atoms with E-state index in [1.807, 2.05) is 6.20 Å². The van der Waals surface area contributed by atoms with Crippen molar-refractivity contribution in [2.75, 3.05) is 6.61 Å². The fourth-order valence-corrected chi connectivity index (χ4v) is 3.50. The lowest BCUT2D eigenvalue weighted by Crippen LogP contribution is -2.47. The van der Waals surface area contributed by atoms with E-state index in [1.165, 1.54) is 11.6 Å². The third-order valence-corrected chi connectivity index (χ3v) is 4.72. The largest absolute Gasteiger partial charge is 0.370 e. The third-order valence-electron chi connectivity index (χ3n) is 4.72. The summed E-state index contributed by atoms with van der Waals surface area (Å²) in [6.07, 6.45) is 1.91. The summed E-state index contributed by atoms with van der Waals surface area (Å²) in [5, 5.41) is 7.01. The van der Waals surface area contributed by atoms with Crippen LogP contribution in [0.5, 0.6) is 0 Å². The summed E-state index contributed by atoms with van der Waals surface area (Å²) in [4.78, 5) is 2.28. The van der Waals surface area contributed by atoms with Gasteiger partial charge in [-0.15, -0.1) is 24.8 Å². The number of nitrogens with one attached hydrogen (secondary N) is 1. The zero-order valence-electron chi connectivity index (χ0n) is 13.3. The Bertz CT molecular complexity index is 709. The molecule has 138 valence electrons. The number of H-pyrrole nitrogens is 1. The molecular weight excluding hydrogens is 373 g/mol. The Balaban J connectivity index is 0.00000113. The molecule has 4 rings (SSSR count). The Morgan fingerprint density at radius 3 is 2.76 bits per heavy atom. The van der Waals surface area contributed by atoms with Gasteiger partial charge in [-0.1, -0.05) is 0 Å². The van der Waals surface area contributed by atoms with Gasteiger partial charge in [-0.2, -0.15) is 5.10 Å². The highest BCUT2D eigenvalue weighted by Gasteiger charge is 2.36. The zero-order chi connectivity index (χ0) is 16.0. The van der Waals surface area contributed by atoms with Crippen LogP contribution in [0, 0.1) is 11.6 Å². The summed E-state index contributed by atoms with van der Waals surface area (Å²) in [6.45, 7) is 2.05. The molecule has 1 saturated heterocycles. The number of aromatic nitrogens is 2. The Kier molecular flexibility index (Phi) is 6.40. The van der Waals surface area contributed by atoms with Gasteiger partial charge in [0.25, 0.3) is 0 Å². The minimum atomic E-state index is -0.607. The standard InChI is InChI=1S/C16H18F2N4O.2ClH/c17-10-1-2-13(18)12(3-10)16-14(19)4-11(8-23-16)22-6-9-5-20-21-15(9)7-22;;/h1-3,5,11,14,16H,4,6-8,19H2,(H,20,21);2*1H. The van der Waals surface area contributed by atoms with Gasteiger partial charge >= 0.3 is 0 Å². The van der Waals surface area contributed by atoms with Crippen molar-refractivity contribution in [2.45, 2.75) is 37.7 Å². The second kappa shape index (κ2) is 7.97. The van der Waals surface area contributed by atoms with Crippen molar-refractivity contribution >= 4 is 24.8 Å². The lowest BCUT2D eigenvalue weighted by Gasteiger charge is -2.38. The number of nitrogens with two attached hydrogens (primary N) is 1. The van der Waals surface area contributed by atoms with Crippen molar-refractivity contribution in [2.24, 2.45) is 5.73 Å². The molecule has 0 bridgehead atoms. The lowest BCUT2D eigenvalue weighted by molar-refractivity contribution is -0.0533. The van der Waals surface area contributed by atoms with Crippen LogP contribution in [-0.4, -0.2) is 33.8 Å². The molecule has 0 saturated carbocycles. The monoisotopic (exact) mass is 392 g/mol. The Hall–Kier alpha value is -1.25. The molecule has 2 aliphatic rings. The van der Waals surface area contributed by atoms with Crippen molar-refractivity contribution in [1.82, 2.24) is 15.1 Å². The summed E-state index contributed by atoms with van der Waals surface area (Å²) in [5.41, 5.74) is 8.72. The van der Waals surface area contributed by atoms with Gasteiger partial charge in [0.15, 0.2) is 0 Å². The number of ether oxygens (including phenoxy) is 1. The first kappa shape index (κ1) is 20.1. The molecular formula is C16H20Cl2F2N4O. The molecule has 3 unspecified atom stereocenters. The van der Waals surface area contributed by atoms with Crippen LogP contribution >= 0.6 is 24.8 Å². The smallest absolute Gasteiger partial charge is 0.129 e. The number of nitrogens with zero attached hydrogens (tertiary/aromatic N) is 2. The summed E-state index contributed by atoms with van der Waals surface area (Å²) in [5.74, 6) is -0.961. The lowest BCUT2D eigenvalue weighted by atomic mass is 9.93. The van der Waals surface area contributed by atoms with Crippen LogP contribution in [-0.2, 0) is 17.8 Å². The zero-order valence-corrected chi connectivity index (χ0v) is 15.0. The van der Waals surface area contributed by atoms with E-state index in [1.54, 1.807) is 0 Å². The molecule has 0 aliphatic carbocycles. The minimum absolute atomic E-state index is 0. The highest BCUT2D eigenvalue weighted by Crippen LogP contribution is 2.33. The van der Waals surface area contributed by atoms with Crippen molar-refractivity contribution in [1.29, 1.82) is 0 Å². The van der Waals surface area contributed by atoms with E-state index in [4.69, 9.17) is 10.5 Å². The quantitative estimate of drug-likeness (QED) is 0.824. The number of halogens is 4. The Morgan fingerprint density at radius 2 is 2.04 bits per heavy atom. The molecule has 3 atom stereocenters. The Labute approximate surface area is 156 Å². The van der Waals surface area contributed by atoms with Gasteiger partial charge in [0.05, 0.1) is 18.5 Å². The molecule has 5 nitrogen and oxygen atoms in total. The van der Waals surface area contributed by atoms with E-state index < -0.39 is 17.7 Å². The van der Waals surface area contributed by atoms with E-state index in [0.717, 1.165) is 30.9 Å². The second-order valence-electron chi connectivity index (χ2n) is 6.25. The first-order valence-electron chi connectivity index (χ1n) is 7.69. The van der Waals surface area contributed by atoms with E-state index in [-0.39, 0.29) is 42.5 Å². The van der Waals surface area contributed by atoms with Gasteiger partial charge in [0.2, 0.25) is 0 Å². The summed E-state index contributed by atoms with van der Waals surface area (Å²) < 4.78 is 33.1. The SMILES string of the molecule is Cl.Cl.NC1CC(N2Cc3cn[nH]c3C2)COC1c1cc(F)ccc1F. The van der Waals surface area contributed by atoms with Crippen LogP contribution in [0.15, 0.2) is 24.4 Å². The topological polar surface area (TPSA) is 67.2 Å². The molecule has 2 aromatic rings. The maximum Gasteiger partial charge on any atom is 0.129 e.